The molecule has 1 amide bonds. The molecule has 4 nitrogen and oxygen atoms in total. The lowest BCUT2D eigenvalue weighted by atomic mass is 9.91. The molecule has 4 heteroatoms. The van der Waals surface area contributed by atoms with Crippen molar-refractivity contribution < 1.29 is 14.3 Å². The summed E-state index contributed by atoms with van der Waals surface area (Å²) in [4.78, 5) is 22.4. The van der Waals surface area contributed by atoms with Crippen LogP contribution in [0.1, 0.15) is 52.4 Å². The van der Waals surface area contributed by atoms with Gasteiger partial charge in [-0.1, -0.05) is 13.3 Å². The highest BCUT2D eigenvalue weighted by molar-refractivity contribution is 5.75. The Labute approximate surface area is 90.4 Å². The van der Waals surface area contributed by atoms with Gasteiger partial charge in [-0.2, -0.15) is 0 Å². The van der Waals surface area contributed by atoms with E-state index in [4.69, 9.17) is 4.74 Å². The molecule has 1 fully saturated rings. The number of esters is 1. The molecule has 1 saturated carbocycles. The maximum atomic E-state index is 11.3. The van der Waals surface area contributed by atoms with Crippen LogP contribution in [0.2, 0.25) is 0 Å². The number of ether oxygens (including phenoxy) is 1. The van der Waals surface area contributed by atoms with Crippen LogP contribution in [0.25, 0.3) is 0 Å². The Morgan fingerprint density at radius 1 is 1.27 bits per heavy atom. The van der Waals surface area contributed by atoms with Crippen LogP contribution in [0.3, 0.4) is 0 Å². The van der Waals surface area contributed by atoms with Crippen LogP contribution in [0.15, 0.2) is 0 Å². The second-order valence-corrected chi connectivity index (χ2v) is 4.06. The lowest BCUT2D eigenvalue weighted by Crippen LogP contribution is -2.52. The third kappa shape index (κ3) is 3.53. The number of nitrogens with one attached hydrogen (secondary N) is 1. The molecule has 0 atom stereocenters. The summed E-state index contributed by atoms with van der Waals surface area (Å²) in [6.45, 7) is 3.21. The molecule has 0 bridgehead atoms. The SMILES string of the molecule is CCC(=O)OC1(NC(C)=O)CCCCC1. The van der Waals surface area contributed by atoms with Crippen LogP contribution >= 0.6 is 0 Å². The average Bonchev–Trinajstić information content (AvgIpc) is 2.17. The summed E-state index contributed by atoms with van der Waals surface area (Å²) in [6.07, 6.45) is 4.96. The molecule has 1 aliphatic rings. The molecule has 1 aliphatic carbocycles. The van der Waals surface area contributed by atoms with Gasteiger partial charge in [0.15, 0.2) is 5.72 Å². The largest absolute Gasteiger partial charge is 0.439 e. The number of carbonyl (C=O) groups is 2. The Hall–Kier alpha value is -1.06. The van der Waals surface area contributed by atoms with Gasteiger partial charge in [0.25, 0.3) is 0 Å². The summed E-state index contributed by atoms with van der Waals surface area (Å²) >= 11 is 0. The molecule has 0 aromatic heterocycles. The van der Waals surface area contributed by atoms with E-state index in [0.29, 0.717) is 6.42 Å². The smallest absolute Gasteiger partial charge is 0.307 e. The molecule has 15 heavy (non-hydrogen) atoms. The molecule has 1 N–H and O–H groups in total. The first-order valence-corrected chi connectivity index (χ1v) is 5.58. The summed E-state index contributed by atoms with van der Waals surface area (Å²) in [5.41, 5.74) is -0.725. The van der Waals surface area contributed by atoms with Crippen molar-refractivity contribution in [2.75, 3.05) is 0 Å². The van der Waals surface area contributed by atoms with E-state index < -0.39 is 5.72 Å². The van der Waals surface area contributed by atoms with Crippen LogP contribution in [0.5, 0.6) is 0 Å². The van der Waals surface area contributed by atoms with Gasteiger partial charge < -0.3 is 10.1 Å². The molecule has 86 valence electrons. The second kappa shape index (κ2) is 5.14. The summed E-state index contributed by atoms with van der Waals surface area (Å²) in [7, 11) is 0. The van der Waals surface area contributed by atoms with E-state index in [0.717, 1.165) is 32.1 Å². The molecule has 0 unspecified atom stereocenters. The minimum absolute atomic E-state index is 0.138. The molecule has 0 spiro atoms. The fourth-order valence-electron chi connectivity index (χ4n) is 1.99. The fourth-order valence-corrected chi connectivity index (χ4v) is 1.99. The van der Waals surface area contributed by atoms with Gasteiger partial charge in [0.2, 0.25) is 5.91 Å². The number of hydrogen-bond acceptors (Lipinski definition) is 3. The topological polar surface area (TPSA) is 55.4 Å². The first-order valence-electron chi connectivity index (χ1n) is 5.58. The zero-order valence-corrected chi connectivity index (χ0v) is 9.47. The summed E-state index contributed by atoms with van der Waals surface area (Å²) in [5.74, 6) is -0.383. The molecule has 0 heterocycles. The Morgan fingerprint density at radius 2 is 1.87 bits per heavy atom. The van der Waals surface area contributed by atoms with Crippen molar-refractivity contribution in [2.45, 2.75) is 58.1 Å². The predicted molar refractivity (Wildman–Crippen MR) is 56.0 cm³/mol. The fraction of sp³-hybridized carbons (Fsp3) is 0.818. The maximum Gasteiger partial charge on any atom is 0.307 e. The number of rotatable bonds is 3. The first kappa shape index (κ1) is 12.0. The van der Waals surface area contributed by atoms with Crippen LogP contribution < -0.4 is 5.32 Å². The van der Waals surface area contributed by atoms with Gasteiger partial charge in [-0.25, -0.2) is 0 Å². The predicted octanol–water partition coefficient (Wildman–Crippen LogP) is 1.74. The van der Waals surface area contributed by atoms with E-state index in [2.05, 4.69) is 5.32 Å². The molecule has 0 radical (unpaired) electrons. The van der Waals surface area contributed by atoms with Gasteiger partial charge in [-0.05, 0) is 12.8 Å². The van der Waals surface area contributed by atoms with Gasteiger partial charge in [-0.15, -0.1) is 0 Å². The van der Waals surface area contributed by atoms with Crippen molar-refractivity contribution in [1.82, 2.24) is 5.32 Å². The van der Waals surface area contributed by atoms with Crippen molar-refractivity contribution in [3.63, 3.8) is 0 Å². The zero-order valence-electron chi connectivity index (χ0n) is 9.47. The van der Waals surface area contributed by atoms with E-state index in [1.54, 1.807) is 6.92 Å². The van der Waals surface area contributed by atoms with E-state index in [9.17, 15) is 9.59 Å². The summed E-state index contributed by atoms with van der Waals surface area (Å²) in [5, 5.41) is 2.78. The molecule has 0 aliphatic heterocycles. The molecule has 0 aromatic rings. The van der Waals surface area contributed by atoms with E-state index >= 15 is 0 Å². The summed E-state index contributed by atoms with van der Waals surface area (Å²) < 4.78 is 5.37. The minimum Gasteiger partial charge on any atom is -0.439 e. The third-order valence-electron chi connectivity index (χ3n) is 2.66. The molecule has 0 aromatic carbocycles. The van der Waals surface area contributed by atoms with Crippen LogP contribution in [-0.2, 0) is 14.3 Å². The van der Waals surface area contributed by atoms with Gasteiger partial charge in [0.1, 0.15) is 0 Å². The monoisotopic (exact) mass is 213 g/mol. The number of carbonyl (C=O) groups excluding carboxylic acids is 2. The molecular weight excluding hydrogens is 194 g/mol. The van der Waals surface area contributed by atoms with Gasteiger partial charge >= 0.3 is 5.97 Å². The van der Waals surface area contributed by atoms with Gasteiger partial charge in [-0.3, -0.25) is 9.59 Å². The van der Waals surface area contributed by atoms with Crippen LogP contribution in [0.4, 0.5) is 0 Å². The highest BCUT2D eigenvalue weighted by Gasteiger charge is 2.36. The van der Waals surface area contributed by atoms with Crippen molar-refractivity contribution in [3.8, 4) is 0 Å². The highest BCUT2D eigenvalue weighted by atomic mass is 16.6. The van der Waals surface area contributed by atoms with Crippen molar-refractivity contribution in [1.29, 1.82) is 0 Å². The number of amides is 1. The quantitative estimate of drug-likeness (QED) is 0.574. The second-order valence-electron chi connectivity index (χ2n) is 4.06. The lowest BCUT2D eigenvalue weighted by Gasteiger charge is -2.36. The van der Waals surface area contributed by atoms with E-state index in [1.165, 1.54) is 6.92 Å². The normalized spacial score (nSPS) is 19.3. The third-order valence-corrected chi connectivity index (χ3v) is 2.66. The Morgan fingerprint density at radius 3 is 2.33 bits per heavy atom. The highest BCUT2D eigenvalue weighted by Crippen LogP contribution is 2.29. The standard InChI is InChI=1S/C11H19NO3/c1-3-10(14)15-11(12-9(2)13)7-5-4-6-8-11/h3-8H2,1-2H3,(H,12,13). The van der Waals surface area contributed by atoms with E-state index in [1.807, 2.05) is 0 Å². The van der Waals surface area contributed by atoms with Crippen molar-refractivity contribution in [2.24, 2.45) is 0 Å². The summed E-state index contributed by atoms with van der Waals surface area (Å²) in [6, 6.07) is 0. The van der Waals surface area contributed by atoms with Crippen molar-refractivity contribution >= 4 is 11.9 Å². The minimum atomic E-state index is -0.725. The molecule has 1 rings (SSSR count). The lowest BCUT2D eigenvalue weighted by molar-refractivity contribution is -0.169. The Balaban J connectivity index is 2.65. The maximum absolute atomic E-state index is 11.3. The average molecular weight is 213 g/mol. The van der Waals surface area contributed by atoms with Gasteiger partial charge in [0.05, 0.1) is 0 Å². The molecule has 0 saturated heterocycles. The zero-order chi connectivity index (χ0) is 11.3. The van der Waals surface area contributed by atoms with Crippen LogP contribution in [0, 0.1) is 0 Å². The van der Waals surface area contributed by atoms with Crippen molar-refractivity contribution in [3.05, 3.63) is 0 Å². The Bertz CT molecular complexity index is 244. The van der Waals surface area contributed by atoms with Crippen LogP contribution in [-0.4, -0.2) is 17.6 Å². The number of hydrogen-bond donors (Lipinski definition) is 1. The first-order chi connectivity index (χ1) is 7.08. The van der Waals surface area contributed by atoms with E-state index in [-0.39, 0.29) is 11.9 Å². The van der Waals surface area contributed by atoms with Gasteiger partial charge in [0, 0.05) is 26.2 Å². The molecular formula is C11H19NO3. The Kier molecular flexibility index (Phi) is 4.12.